The van der Waals surface area contributed by atoms with Gasteiger partial charge in [0.15, 0.2) is 0 Å². The first-order valence-corrected chi connectivity index (χ1v) is 9.56. The Morgan fingerprint density at radius 1 is 1.12 bits per heavy atom. The average molecular weight is 370 g/mol. The molecular weight excluding hydrogens is 348 g/mol. The van der Waals surface area contributed by atoms with Crippen molar-refractivity contribution in [1.82, 2.24) is 15.3 Å². The number of nitrogens with one attached hydrogen (secondary N) is 2. The van der Waals surface area contributed by atoms with Crippen molar-refractivity contribution >= 4 is 29.3 Å². The van der Waals surface area contributed by atoms with Crippen molar-refractivity contribution in [1.29, 1.82) is 0 Å². The van der Waals surface area contributed by atoms with Crippen molar-refractivity contribution in [3.63, 3.8) is 0 Å². The predicted octanol–water partition coefficient (Wildman–Crippen LogP) is 3.26. The summed E-state index contributed by atoms with van der Waals surface area (Å²) in [6.07, 6.45) is 7.53. The summed E-state index contributed by atoms with van der Waals surface area (Å²) >= 11 is 1.43. The van der Waals surface area contributed by atoms with Gasteiger partial charge >= 0.3 is 0 Å². The molecule has 0 saturated heterocycles. The Bertz CT molecular complexity index is 763. The second-order valence-electron chi connectivity index (χ2n) is 6.36. The maximum atomic E-state index is 12.7. The molecule has 0 spiro atoms. The van der Waals surface area contributed by atoms with Crippen molar-refractivity contribution in [2.45, 2.75) is 48.7 Å². The third-order valence-electron chi connectivity index (χ3n) is 4.36. The number of aromatic nitrogens is 2. The second kappa shape index (κ2) is 8.80. The molecule has 2 aromatic rings. The van der Waals surface area contributed by atoms with Crippen molar-refractivity contribution in [2.75, 3.05) is 5.32 Å². The maximum Gasteiger partial charge on any atom is 0.247 e. The number of carbonyl (C=O) groups excluding carboxylic acids is 2. The van der Waals surface area contributed by atoms with E-state index in [0.29, 0.717) is 5.69 Å². The van der Waals surface area contributed by atoms with Crippen LogP contribution in [0.2, 0.25) is 0 Å². The lowest BCUT2D eigenvalue weighted by atomic mass is 9.97. The summed E-state index contributed by atoms with van der Waals surface area (Å²) in [5.41, 5.74) is 0.664. The Morgan fingerprint density at radius 3 is 2.58 bits per heavy atom. The summed E-state index contributed by atoms with van der Waals surface area (Å²) in [6, 6.07) is 8.76. The maximum absolute atomic E-state index is 12.7. The van der Waals surface area contributed by atoms with Crippen LogP contribution in [0, 0.1) is 5.92 Å². The molecule has 6 nitrogen and oxygen atoms in total. The van der Waals surface area contributed by atoms with Crippen LogP contribution in [-0.2, 0) is 9.59 Å². The van der Waals surface area contributed by atoms with Crippen LogP contribution in [0.25, 0.3) is 0 Å². The fourth-order valence-corrected chi connectivity index (χ4v) is 3.96. The molecule has 2 amide bonds. The molecule has 1 aliphatic rings. The van der Waals surface area contributed by atoms with Gasteiger partial charge in [0.05, 0.1) is 0 Å². The quantitative estimate of drug-likeness (QED) is 0.815. The molecule has 1 saturated carbocycles. The first-order valence-electron chi connectivity index (χ1n) is 8.75. The molecule has 0 aromatic carbocycles. The Balaban J connectivity index is 1.69. The molecule has 0 aliphatic heterocycles. The molecule has 0 bridgehead atoms. The lowest BCUT2D eigenvalue weighted by Crippen LogP contribution is -2.47. The van der Waals surface area contributed by atoms with Crippen LogP contribution < -0.4 is 10.6 Å². The summed E-state index contributed by atoms with van der Waals surface area (Å²) in [7, 11) is 0. The molecule has 136 valence electrons. The smallest absolute Gasteiger partial charge is 0.247 e. The number of hydrogen-bond donors (Lipinski definition) is 2. The highest BCUT2D eigenvalue weighted by Gasteiger charge is 2.31. The molecular formula is C19H22N4O2S. The van der Waals surface area contributed by atoms with Crippen LogP contribution in [-0.4, -0.2) is 27.8 Å². The molecule has 1 fully saturated rings. The van der Waals surface area contributed by atoms with Crippen molar-refractivity contribution in [3.05, 3.63) is 42.7 Å². The van der Waals surface area contributed by atoms with Gasteiger partial charge in [-0.3, -0.25) is 9.59 Å². The number of rotatable bonds is 6. The van der Waals surface area contributed by atoms with Crippen LogP contribution in [0.15, 0.2) is 52.8 Å². The van der Waals surface area contributed by atoms with Crippen LogP contribution in [0.1, 0.15) is 32.6 Å². The molecule has 1 atom stereocenters. The highest BCUT2D eigenvalue weighted by Crippen LogP contribution is 2.29. The van der Waals surface area contributed by atoms with E-state index in [2.05, 4.69) is 20.6 Å². The van der Waals surface area contributed by atoms with E-state index in [4.69, 9.17) is 0 Å². The Morgan fingerprint density at radius 2 is 1.88 bits per heavy atom. The van der Waals surface area contributed by atoms with E-state index in [9.17, 15) is 9.59 Å². The minimum atomic E-state index is -0.491. The molecule has 26 heavy (non-hydrogen) atoms. The van der Waals surface area contributed by atoms with Crippen molar-refractivity contribution in [2.24, 2.45) is 5.92 Å². The van der Waals surface area contributed by atoms with E-state index < -0.39 is 6.04 Å². The normalized spacial score (nSPS) is 15.4. The highest BCUT2D eigenvalue weighted by molar-refractivity contribution is 7.99. The Hall–Kier alpha value is -2.41. The summed E-state index contributed by atoms with van der Waals surface area (Å²) < 4.78 is 0. The molecule has 2 aromatic heterocycles. The van der Waals surface area contributed by atoms with Gasteiger partial charge < -0.3 is 10.6 Å². The van der Waals surface area contributed by atoms with Crippen molar-refractivity contribution < 1.29 is 9.59 Å². The molecule has 1 aliphatic carbocycles. The minimum Gasteiger partial charge on any atom is -0.344 e. The molecule has 7 heteroatoms. The average Bonchev–Trinajstić information content (AvgIpc) is 3.15. The van der Waals surface area contributed by atoms with E-state index >= 15 is 0 Å². The lowest BCUT2D eigenvalue weighted by Gasteiger charge is -2.23. The van der Waals surface area contributed by atoms with E-state index in [1.165, 1.54) is 18.7 Å². The predicted molar refractivity (Wildman–Crippen MR) is 101 cm³/mol. The molecule has 3 rings (SSSR count). The number of pyridine rings is 2. The number of nitrogens with zero attached hydrogens (tertiary/aromatic N) is 2. The highest BCUT2D eigenvalue weighted by atomic mass is 32.2. The zero-order chi connectivity index (χ0) is 18.4. The van der Waals surface area contributed by atoms with Crippen LogP contribution >= 0.6 is 11.8 Å². The largest absolute Gasteiger partial charge is 0.344 e. The van der Waals surface area contributed by atoms with Crippen LogP contribution in [0.4, 0.5) is 5.69 Å². The van der Waals surface area contributed by atoms with Gasteiger partial charge in [-0.25, -0.2) is 9.97 Å². The molecule has 2 heterocycles. The van der Waals surface area contributed by atoms with E-state index in [-0.39, 0.29) is 17.7 Å². The number of anilines is 1. The van der Waals surface area contributed by atoms with Gasteiger partial charge in [0.1, 0.15) is 16.1 Å². The van der Waals surface area contributed by atoms with E-state index in [0.717, 1.165) is 35.7 Å². The lowest BCUT2D eigenvalue weighted by molar-refractivity contribution is -0.126. The third kappa shape index (κ3) is 5.05. The fourth-order valence-electron chi connectivity index (χ4n) is 3.18. The third-order valence-corrected chi connectivity index (χ3v) is 5.24. The van der Waals surface area contributed by atoms with Gasteiger partial charge in [0.25, 0.3) is 0 Å². The summed E-state index contributed by atoms with van der Waals surface area (Å²) in [5.74, 6) is -0.159. The van der Waals surface area contributed by atoms with Crippen molar-refractivity contribution in [3.8, 4) is 0 Å². The first-order chi connectivity index (χ1) is 12.6. The van der Waals surface area contributed by atoms with Crippen LogP contribution in [0.3, 0.4) is 0 Å². The minimum absolute atomic E-state index is 0.174. The topological polar surface area (TPSA) is 84.0 Å². The number of carbonyl (C=O) groups is 2. The van der Waals surface area contributed by atoms with Gasteiger partial charge in [-0.05, 0) is 43.0 Å². The summed E-state index contributed by atoms with van der Waals surface area (Å²) in [6.45, 7) is 1.45. The monoisotopic (exact) mass is 370 g/mol. The summed E-state index contributed by atoms with van der Waals surface area (Å²) in [4.78, 5) is 32.8. The fraction of sp³-hybridized carbons (Fsp3) is 0.368. The number of hydrogen-bond acceptors (Lipinski definition) is 5. The second-order valence-corrected chi connectivity index (χ2v) is 7.41. The Kier molecular flexibility index (Phi) is 6.22. The molecule has 0 unspecified atom stereocenters. The molecule has 0 radical (unpaired) electrons. The molecule has 2 N–H and O–H groups in total. The SMILES string of the molecule is CC(=O)N[C@@H](C(=O)Nc1ccnc(Sc2ccccn2)c1)C1CCCC1. The standard InChI is InChI=1S/C19H22N4O2S/c1-13(24)22-18(14-6-2-3-7-14)19(25)23-15-9-11-21-17(12-15)26-16-8-4-5-10-20-16/h4-5,8-12,14,18H,2-3,6-7H2,1H3,(H,22,24)(H,21,23,25)/t18-/m1/s1. The van der Waals surface area contributed by atoms with Gasteiger partial charge in [-0.2, -0.15) is 0 Å². The zero-order valence-electron chi connectivity index (χ0n) is 14.6. The first kappa shape index (κ1) is 18.4. The Labute approximate surface area is 157 Å². The van der Waals surface area contributed by atoms with E-state index in [1.54, 1.807) is 18.5 Å². The van der Waals surface area contributed by atoms with Gasteiger partial charge in [0, 0.05) is 25.0 Å². The summed E-state index contributed by atoms with van der Waals surface area (Å²) in [5, 5.41) is 7.32. The van der Waals surface area contributed by atoms with E-state index in [1.807, 2.05) is 24.3 Å². The zero-order valence-corrected chi connectivity index (χ0v) is 15.5. The van der Waals surface area contributed by atoms with Gasteiger partial charge in [0.2, 0.25) is 11.8 Å². The van der Waals surface area contributed by atoms with Gasteiger partial charge in [-0.15, -0.1) is 0 Å². The van der Waals surface area contributed by atoms with Gasteiger partial charge in [-0.1, -0.05) is 30.7 Å². The van der Waals surface area contributed by atoms with Crippen LogP contribution in [0.5, 0.6) is 0 Å². The number of amides is 2.